The summed E-state index contributed by atoms with van der Waals surface area (Å²) in [6.45, 7) is 15.8. The molecule has 43 heavy (non-hydrogen) atoms. The first-order valence-electron chi connectivity index (χ1n) is 14.6. The minimum atomic E-state index is -1.24. The number of benzene rings is 2. The molecule has 1 saturated heterocycles. The molecule has 0 spiro atoms. The van der Waals surface area contributed by atoms with Crippen LogP contribution in [0.2, 0.25) is 30.7 Å². The molecule has 4 aromatic rings. The largest absolute Gasteiger partial charge is 0.455 e. The van der Waals surface area contributed by atoms with E-state index in [0.717, 1.165) is 54.5 Å². The first-order valence-corrected chi connectivity index (χ1v) is 18.7. The zero-order valence-corrected chi connectivity index (χ0v) is 27.2. The van der Waals surface area contributed by atoms with Gasteiger partial charge in [-0.25, -0.2) is 4.98 Å². The average molecular weight is 618 g/mol. The van der Waals surface area contributed by atoms with Crippen molar-refractivity contribution in [1.82, 2.24) is 14.5 Å². The monoisotopic (exact) mass is 617 g/mol. The van der Waals surface area contributed by atoms with Gasteiger partial charge in [0.2, 0.25) is 5.91 Å². The van der Waals surface area contributed by atoms with Gasteiger partial charge in [-0.15, -0.1) is 0 Å². The third-order valence-electron chi connectivity index (χ3n) is 7.59. The van der Waals surface area contributed by atoms with Crippen LogP contribution in [0.4, 0.5) is 11.4 Å². The molecule has 0 atom stereocenters. The number of ether oxygens (including phenoxy) is 2. The molecular formula is C33H40ClN5O3Si. The maximum absolute atomic E-state index is 11.8. The van der Waals surface area contributed by atoms with Crippen molar-refractivity contribution in [2.45, 2.75) is 32.4 Å². The molecule has 8 nitrogen and oxygen atoms in total. The van der Waals surface area contributed by atoms with Gasteiger partial charge in [-0.05, 0) is 55.1 Å². The third-order valence-corrected chi connectivity index (χ3v) is 9.56. The summed E-state index contributed by atoms with van der Waals surface area (Å²) in [5.41, 5.74) is 4.57. The number of rotatable bonds is 11. The lowest BCUT2D eigenvalue weighted by atomic mass is 10.1. The van der Waals surface area contributed by atoms with E-state index in [2.05, 4.69) is 83.3 Å². The van der Waals surface area contributed by atoms with Gasteiger partial charge in [-0.1, -0.05) is 56.0 Å². The molecule has 5 rings (SSSR count). The molecule has 226 valence electrons. The van der Waals surface area contributed by atoms with Crippen LogP contribution in [0, 0.1) is 0 Å². The number of piperazine rings is 1. The summed E-state index contributed by atoms with van der Waals surface area (Å²) in [7, 11) is 0.926. The SMILES string of the molecule is C=CC(=O)Nc1cccc(Oc2c(Cl)cnc3c2cc(-c2ccc(N4CCN(C)CC4)cc2)n3COCC[Si](C)(C)C)c1. The van der Waals surface area contributed by atoms with E-state index in [9.17, 15) is 4.79 Å². The minimum absolute atomic E-state index is 0.295. The molecular weight excluding hydrogens is 578 g/mol. The van der Waals surface area contributed by atoms with Crippen molar-refractivity contribution in [2.75, 3.05) is 50.1 Å². The predicted molar refractivity (Wildman–Crippen MR) is 179 cm³/mol. The number of pyridine rings is 1. The van der Waals surface area contributed by atoms with Gasteiger partial charge in [0.15, 0.2) is 5.75 Å². The van der Waals surface area contributed by atoms with Gasteiger partial charge in [-0.2, -0.15) is 0 Å². The summed E-state index contributed by atoms with van der Waals surface area (Å²) in [4.78, 5) is 21.3. The van der Waals surface area contributed by atoms with E-state index in [-0.39, 0.29) is 5.91 Å². The van der Waals surface area contributed by atoms with E-state index < -0.39 is 8.07 Å². The average Bonchev–Trinajstić information content (AvgIpc) is 3.35. The number of nitrogens with zero attached hydrogens (tertiary/aromatic N) is 4. The molecule has 1 amide bonds. The molecule has 1 aliphatic rings. The van der Waals surface area contributed by atoms with Crippen LogP contribution in [-0.2, 0) is 16.3 Å². The predicted octanol–water partition coefficient (Wildman–Crippen LogP) is 7.34. The van der Waals surface area contributed by atoms with E-state index in [0.29, 0.717) is 35.5 Å². The van der Waals surface area contributed by atoms with E-state index in [1.165, 1.54) is 11.8 Å². The number of fused-ring (bicyclic) bond motifs is 1. The van der Waals surface area contributed by atoms with Crippen molar-refractivity contribution in [3.63, 3.8) is 0 Å². The van der Waals surface area contributed by atoms with Crippen molar-refractivity contribution < 1.29 is 14.3 Å². The number of hydrogen-bond donors (Lipinski definition) is 1. The maximum atomic E-state index is 11.8. The van der Waals surface area contributed by atoms with Gasteiger partial charge in [0, 0.05) is 58.3 Å². The molecule has 1 N–H and O–H groups in total. The number of nitrogens with one attached hydrogen (secondary N) is 1. The minimum Gasteiger partial charge on any atom is -0.455 e. The number of aromatic nitrogens is 2. The normalized spacial score (nSPS) is 14.2. The van der Waals surface area contributed by atoms with Crippen LogP contribution in [0.25, 0.3) is 22.3 Å². The van der Waals surface area contributed by atoms with Crippen LogP contribution in [0.1, 0.15) is 0 Å². The Morgan fingerprint density at radius 1 is 1.09 bits per heavy atom. The molecule has 0 saturated carbocycles. The Balaban J connectivity index is 1.50. The summed E-state index contributed by atoms with van der Waals surface area (Å²) in [6, 6.07) is 19.0. The molecule has 0 aliphatic carbocycles. The van der Waals surface area contributed by atoms with E-state index in [1.807, 2.05) is 12.1 Å². The fourth-order valence-electron chi connectivity index (χ4n) is 5.01. The van der Waals surface area contributed by atoms with Crippen LogP contribution < -0.4 is 15.0 Å². The molecule has 2 aromatic carbocycles. The zero-order chi connectivity index (χ0) is 30.6. The summed E-state index contributed by atoms with van der Waals surface area (Å²) in [6.07, 6.45) is 2.84. The Hall–Kier alpha value is -3.63. The van der Waals surface area contributed by atoms with Gasteiger partial charge < -0.3 is 29.2 Å². The van der Waals surface area contributed by atoms with E-state index in [1.54, 1.807) is 18.3 Å². The lowest BCUT2D eigenvalue weighted by Crippen LogP contribution is -2.44. The molecule has 2 aromatic heterocycles. The van der Waals surface area contributed by atoms with Crippen LogP contribution in [0.5, 0.6) is 11.5 Å². The molecule has 3 heterocycles. The Morgan fingerprint density at radius 3 is 2.53 bits per heavy atom. The fraction of sp³-hybridized carbons (Fsp3) is 0.333. The van der Waals surface area contributed by atoms with Gasteiger partial charge in [0.25, 0.3) is 0 Å². The molecule has 10 heteroatoms. The van der Waals surface area contributed by atoms with Crippen LogP contribution in [0.3, 0.4) is 0 Å². The van der Waals surface area contributed by atoms with E-state index >= 15 is 0 Å². The second-order valence-corrected chi connectivity index (χ2v) is 18.2. The standard InChI is InChI=1S/C33H40ClN5O3Si/c1-6-31(40)36-25-8-7-9-27(20-25)42-32-28-21-30(24-10-12-26(13-11-24)38-16-14-37(2)15-17-38)39(33(28)35-22-29(32)34)23-41-18-19-43(3,4)5/h6-13,20-22H,1,14-19,23H2,2-5H3,(H,36,40). The summed E-state index contributed by atoms with van der Waals surface area (Å²) in [5, 5.41) is 3.94. The quantitative estimate of drug-likeness (QED) is 0.108. The zero-order valence-electron chi connectivity index (χ0n) is 25.4. The Bertz CT molecular complexity index is 1590. The number of amides is 1. The highest BCUT2D eigenvalue weighted by Crippen LogP contribution is 2.40. The number of halogens is 1. The van der Waals surface area contributed by atoms with Gasteiger partial charge in [0.1, 0.15) is 23.2 Å². The van der Waals surface area contributed by atoms with Crippen LogP contribution >= 0.6 is 11.6 Å². The Kier molecular flexibility index (Phi) is 9.56. The van der Waals surface area contributed by atoms with Crippen molar-refractivity contribution in [1.29, 1.82) is 0 Å². The number of likely N-dealkylation sites (N-methyl/N-ethyl adjacent to an activating group) is 1. The lowest BCUT2D eigenvalue weighted by molar-refractivity contribution is -0.111. The molecule has 0 unspecified atom stereocenters. The van der Waals surface area contributed by atoms with E-state index in [4.69, 9.17) is 26.1 Å². The van der Waals surface area contributed by atoms with Crippen LogP contribution in [-0.4, -0.2) is 68.3 Å². The molecule has 1 fully saturated rings. The first kappa shape index (κ1) is 30.8. The number of hydrogen-bond acceptors (Lipinski definition) is 6. The highest BCUT2D eigenvalue weighted by molar-refractivity contribution is 6.76. The lowest BCUT2D eigenvalue weighted by Gasteiger charge is -2.34. The fourth-order valence-corrected chi connectivity index (χ4v) is 5.96. The van der Waals surface area contributed by atoms with Gasteiger partial charge >= 0.3 is 0 Å². The summed E-state index contributed by atoms with van der Waals surface area (Å²) < 4.78 is 14.7. The number of carbonyl (C=O) groups is 1. The van der Waals surface area contributed by atoms with Crippen molar-refractivity contribution in [2.24, 2.45) is 0 Å². The summed E-state index contributed by atoms with van der Waals surface area (Å²) >= 11 is 6.69. The smallest absolute Gasteiger partial charge is 0.247 e. The number of carbonyl (C=O) groups excluding carboxylic acids is 1. The summed E-state index contributed by atoms with van der Waals surface area (Å²) in [5.74, 6) is 0.736. The van der Waals surface area contributed by atoms with Crippen LogP contribution in [0.15, 0.2) is 73.4 Å². The highest BCUT2D eigenvalue weighted by atomic mass is 35.5. The topological polar surface area (TPSA) is 71.9 Å². The Labute approximate surface area is 259 Å². The first-order chi connectivity index (χ1) is 20.6. The highest BCUT2D eigenvalue weighted by Gasteiger charge is 2.20. The molecule has 0 bridgehead atoms. The Morgan fingerprint density at radius 2 is 1.84 bits per heavy atom. The van der Waals surface area contributed by atoms with Gasteiger partial charge in [0.05, 0.1) is 17.3 Å². The second-order valence-electron chi connectivity index (χ2n) is 12.1. The van der Waals surface area contributed by atoms with Gasteiger partial charge in [-0.3, -0.25) is 4.79 Å². The van der Waals surface area contributed by atoms with Crippen molar-refractivity contribution in [3.8, 4) is 22.8 Å². The molecule has 1 aliphatic heterocycles. The maximum Gasteiger partial charge on any atom is 0.247 e. The van der Waals surface area contributed by atoms with Crippen molar-refractivity contribution >= 4 is 48.0 Å². The van der Waals surface area contributed by atoms with Crippen molar-refractivity contribution in [3.05, 3.63) is 78.5 Å². The number of anilines is 2. The molecule has 0 radical (unpaired) electrons. The third kappa shape index (κ3) is 7.66. The second kappa shape index (κ2) is 13.3.